The second kappa shape index (κ2) is 8.95. The molecule has 0 N–H and O–H groups in total. The Bertz CT molecular complexity index is 206. The van der Waals surface area contributed by atoms with Gasteiger partial charge in [-0.25, -0.2) is 0 Å². The van der Waals surface area contributed by atoms with Gasteiger partial charge in [0, 0.05) is 0 Å². The molecule has 0 radical (unpaired) electrons. The van der Waals surface area contributed by atoms with Gasteiger partial charge in [-0.05, 0) is 0 Å². The van der Waals surface area contributed by atoms with E-state index in [4.69, 9.17) is 0 Å². The maximum absolute atomic E-state index is 2.56. The van der Waals surface area contributed by atoms with Crippen molar-refractivity contribution in [3.63, 3.8) is 0 Å². The van der Waals surface area contributed by atoms with Gasteiger partial charge in [0.2, 0.25) is 0 Å². The Balaban J connectivity index is 4.51. The average Bonchev–Trinajstić information content (AvgIpc) is 2.31. The molecular weight excluding hydrogens is 335 g/mol. The van der Waals surface area contributed by atoms with E-state index in [2.05, 4.69) is 55.4 Å². The minimum atomic E-state index is -0.406. The minimum absolute atomic E-state index is 0.406. The molecule has 0 saturated carbocycles. The summed E-state index contributed by atoms with van der Waals surface area (Å²) in [5, 5.41) is 0. The van der Waals surface area contributed by atoms with Crippen molar-refractivity contribution in [2.24, 2.45) is 11.8 Å². The predicted molar refractivity (Wildman–Crippen MR) is 91.2 cm³/mol. The molecule has 0 fully saturated rings. The summed E-state index contributed by atoms with van der Waals surface area (Å²) in [6, 6.07) is 0. The molecule has 0 rings (SSSR count). The Morgan fingerprint density at radius 3 is 1.32 bits per heavy atom. The van der Waals surface area contributed by atoms with Crippen LogP contribution in [0.4, 0.5) is 0 Å². The molecule has 0 aromatic carbocycles. The summed E-state index contributed by atoms with van der Waals surface area (Å²) in [6.45, 7) is 19.9. The van der Waals surface area contributed by atoms with Crippen molar-refractivity contribution < 1.29 is 0 Å². The Morgan fingerprint density at radius 2 is 1.05 bits per heavy atom. The average molecular weight is 373 g/mol. The van der Waals surface area contributed by atoms with Crippen LogP contribution in [-0.4, -0.2) is 21.1 Å². The summed E-state index contributed by atoms with van der Waals surface area (Å²) in [5.74, 6) is 1.83. The molecular formula is C18H38Sn+2. The van der Waals surface area contributed by atoms with Gasteiger partial charge in [0.25, 0.3) is 0 Å². The second-order valence-electron chi connectivity index (χ2n) is 7.65. The fourth-order valence-electron chi connectivity index (χ4n) is 2.82. The third-order valence-electron chi connectivity index (χ3n) is 5.09. The van der Waals surface area contributed by atoms with Crippen LogP contribution in [0, 0.1) is 11.8 Å². The summed E-state index contributed by atoms with van der Waals surface area (Å²) >= 11 is -0.406. The molecule has 0 amide bonds. The van der Waals surface area contributed by atoms with Crippen molar-refractivity contribution in [3.05, 3.63) is 0 Å². The van der Waals surface area contributed by atoms with Gasteiger partial charge in [-0.15, -0.1) is 0 Å². The summed E-state index contributed by atoms with van der Waals surface area (Å²) in [7, 11) is 0. The monoisotopic (exact) mass is 374 g/mol. The summed E-state index contributed by atoms with van der Waals surface area (Å²) in [4.78, 5) is 0. The fourth-order valence-corrected chi connectivity index (χ4v) is 9.79. The van der Waals surface area contributed by atoms with Gasteiger partial charge in [-0.1, -0.05) is 0 Å². The first kappa shape index (κ1) is 19.8. The number of unbranched alkanes of at least 4 members (excludes halogenated alkanes) is 2. The van der Waals surface area contributed by atoms with Gasteiger partial charge < -0.3 is 0 Å². The SMILES string of the molecule is CCCCC(C)[C](C)(C)[Sn+2][C](C)(C)C(C)CCCC. The zero-order valence-electron chi connectivity index (χ0n) is 14.9. The van der Waals surface area contributed by atoms with Crippen molar-refractivity contribution >= 4 is 21.1 Å². The quantitative estimate of drug-likeness (QED) is 0.372. The van der Waals surface area contributed by atoms with Crippen molar-refractivity contribution in [1.29, 1.82) is 0 Å². The number of hydrogen-bond acceptors (Lipinski definition) is 0. The van der Waals surface area contributed by atoms with Crippen molar-refractivity contribution in [1.82, 2.24) is 0 Å². The van der Waals surface area contributed by atoms with Gasteiger partial charge in [-0.2, -0.15) is 0 Å². The van der Waals surface area contributed by atoms with Crippen LogP contribution in [-0.2, 0) is 0 Å². The maximum atomic E-state index is 2.56. The summed E-state index contributed by atoms with van der Waals surface area (Å²) in [6.07, 6.45) is 8.39. The molecule has 0 aliphatic heterocycles. The van der Waals surface area contributed by atoms with E-state index in [0.29, 0.717) is 6.86 Å². The molecule has 0 aromatic rings. The van der Waals surface area contributed by atoms with Gasteiger partial charge >= 0.3 is 134 Å². The van der Waals surface area contributed by atoms with Gasteiger partial charge in [0.05, 0.1) is 0 Å². The van der Waals surface area contributed by atoms with Crippen LogP contribution in [0.1, 0.15) is 93.9 Å². The van der Waals surface area contributed by atoms with E-state index in [1.54, 1.807) is 0 Å². The molecule has 19 heavy (non-hydrogen) atoms. The van der Waals surface area contributed by atoms with Crippen LogP contribution in [0.2, 0.25) is 6.86 Å². The Labute approximate surface area is 133 Å². The molecule has 2 atom stereocenters. The van der Waals surface area contributed by atoms with E-state index in [-0.39, 0.29) is 0 Å². The van der Waals surface area contributed by atoms with E-state index in [9.17, 15) is 0 Å². The predicted octanol–water partition coefficient (Wildman–Crippen LogP) is 6.74. The molecule has 0 nitrogen and oxygen atoms in total. The Hall–Kier alpha value is 0.799. The summed E-state index contributed by atoms with van der Waals surface area (Å²) < 4.78 is 1.28. The van der Waals surface area contributed by atoms with Gasteiger partial charge in [0.15, 0.2) is 0 Å². The topological polar surface area (TPSA) is 0 Å². The van der Waals surface area contributed by atoms with Crippen LogP contribution in [0.15, 0.2) is 0 Å². The standard InChI is InChI=1S/2C9H19.Sn/c2*1-5-6-7-9(4)8(2)3;/h2*9H,5-7H2,1-4H3;/q;;+2. The Kier molecular flexibility index (Phi) is 9.32. The Morgan fingerprint density at radius 1 is 0.737 bits per heavy atom. The second-order valence-corrected chi connectivity index (χ2v) is 15.7. The molecule has 2 unspecified atom stereocenters. The van der Waals surface area contributed by atoms with E-state index in [1.165, 1.54) is 38.5 Å². The van der Waals surface area contributed by atoms with Gasteiger partial charge in [-0.3, -0.25) is 0 Å². The van der Waals surface area contributed by atoms with Crippen LogP contribution in [0.5, 0.6) is 0 Å². The van der Waals surface area contributed by atoms with E-state index >= 15 is 0 Å². The van der Waals surface area contributed by atoms with Crippen molar-refractivity contribution in [2.75, 3.05) is 0 Å². The first-order valence-corrected chi connectivity index (χ1v) is 11.3. The zero-order chi connectivity index (χ0) is 15.1. The summed E-state index contributed by atoms with van der Waals surface area (Å²) in [5.41, 5.74) is 0. The first-order valence-electron chi connectivity index (χ1n) is 8.46. The molecule has 1 heteroatoms. The zero-order valence-corrected chi connectivity index (χ0v) is 17.8. The van der Waals surface area contributed by atoms with Crippen molar-refractivity contribution in [3.8, 4) is 0 Å². The molecule has 0 aliphatic carbocycles. The molecule has 0 aliphatic rings. The fraction of sp³-hybridized carbons (Fsp3) is 1.00. The van der Waals surface area contributed by atoms with Crippen LogP contribution >= 0.6 is 0 Å². The van der Waals surface area contributed by atoms with E-state index in [0.717, 1.165) is 11.8 Å². The van der Waals surface area contributed by atoms with Crippen LogP contribution in [0.3, 0.4) is 0 Å². The normalized spacial score (nSPS) is 16.0. The third kappa shape index (κ3) is 7.39. The van der Waals surface area contributed by atoms with E-state index < -0.39 is 21.1 Å². The number of hydrogen-bond donors (Lipinski definition) is 0. The molecule has 0 bridgehead atoms. The molecule has 0 spiro atoms. The molecule has 0 saturated heterocycles. The molecule has 0 heterocycles. The molecule has 0 aromatic heterocycles. The van der Waals surface area contributed by atoms with Crippen molar-refractivity contribution in [2.45, 2.75) is 101 Å². The van der Waals surface area contributed by atoms with Crippen LogP contribution in [0.25, 0.3) is 0 Å². The van der Waals surface area contributed by atoms with Gasteiger partial charge in [0.1, 0.15) is 0 Å². The molecule has 112 valence electrons. The van der Waals surface area contributed by atoms with Crippen LogP contribution < -0.4 is 0 Å². The number of rotatable bonds is 10. The first-order chi connectivity index (χ1) is 8.67. The third-order valence-corrected chi connectivity index (χ3v) is 11.6. The van der Waals surface area contributed by atoms with E-state index in [1.807, 2.05) is 0 Å².